The van der Waals surface area contributed by atoms with E-state index in [1.807, 2.05) is 32.9 Å². The van der Waals surface area contributed by atoms with Crippen molar-refractivity contribution in [3.63, 3.8) is 0 Å². The van der Waals surface area contributed by atoms with E-state index in [0.717, 1.165) is 12.0 Å². The maximum Gasteiger partial charge on any atom is 0.410 e. The van der Waals surface area contributed by atoms with E-state index in [1.54, 1.807) is 14.0 Å². The first-order valence-electron chi connectivity index (χ1n) is 15.5. The lowest BCUT2D eigenvalue weighted by molar-refractivity contribution is -0.284. The number of nitrogens with one attached hydrogen (secondary N) is 1. The smallest absolute Gasteiger partial charge is 0.410 e. The highest BCUT2D eigenvalue weighted by Crippen LogP contribution is 2.46. The van der Waals surface area contributed by atoms with Crippen LogP contribution in [-0.2, 0) is 33.3 Å². The summed E-state index contributed by atoms with van der Waals surface area (Å²) in [4.78, 5) is 37.4. The molecule has 4 aliphatic rings. The van der Waals surface area contributed by atoms with Gasteiger partial charge in [0.1, 0.15) is 23.9 Å². The summed E-state index contributed by atoms with van der Waals surface area (Å²) in [6.07, 6.45) is 8.32. The largest absolute Gasteiger partial charge is 0.481 e. The Morgan fingerprint density at radius 2 is 1.95 bits per heavy atom. The number of aliphatic hydroxyl groups excluding tert-OH is 1. The van der Waals surface area contributed by atoms with Gasteiger partial charge in [0, 0.05) is 32.7 Å². The fourth-order valence-electron chi connectivity index (χ4n) is 6.16. The van der Waals surface area contributed by atoms with Crippen LogP contribution in [0, 0.1) is 11.8 Å². The number of aliphatic hydroxyl groups is 1. The fourth-order valence-corrected chi connectivity index (χ4v) is 6.16. The maximum atomic E-state index is 12.6. The Kier molecular flexibility index (Phi) is 10.9. The molecule has 12 heteroatoms. The van der Waals surface area contributed by atoms with Crippen molar-refractivity contribution in [2.24, 2.45) is 11.8 Å². The predicted octanol–water partition coefficient (Wildman–Crippen LogP) is 2.95. The summed E-state index contributed by atoms with van der Waals surface area (Å²) in [6, 6.07) is -0.171. The summed E-state index contributed by atoms with van der Waals surface area (Å²) >= 11 is 0. The van der Waals surface area contributed by atoms with Crippen LogP contribution in [0.1, 0.15) is 60.3 Å². The van der Waals surface area contributed by atoms with Crippen LogP contribution in [0.5, 0.6) is 0 Å². The van der Waals surface area contributed by atoms with Crippen molar-refractivity contribution in [3.05, 3.63) is 36.0 Å². The Hall–Kier alpha value is -2.77. The quantitative estimate of drug-likeness (QED) is 0.189. The van der Waals surface area contributed by atoms with E-state index >= 15 is 0 Å². The van der Waals surface area contributed by atoms with Gasteiger partial charge in [0.05, 0.1) is 30.8 Å². The van der Waals surface area contributed by atoms with Gasteiger partial charge in [0.25, 0.3) is 0 Å². The lowest BCUT2D eigenvalue weighted by atomic mass is 9.87. The Morgan fingerprint density at radius 3 is 2.59 bits per heavy atom. The van der Waals surface area contributed by atoms with Crippen LogP contribution in [0.4, 0.5) is 4.79 Å². The third-order valence-corrected chi connectivity index (χ3v) is 9.17. The number of allylic oxidation sites excluding steroid dienone is 2. The molecule has 4 heterocycles. The molecule has 12 nitrogen and oxygen atoms in total. The summed E-state index contributed by atoms with van der Waals surface area (Å²) < 4.78 is 28.8. The number of epoxide rings is 1. The molecule has 0 aromatic rings. The van der Waals surface area contributed by atoms with Crippen LogP contribution in [0.25, 0.3) is 0 Å². The number of likely N-dealkylation sites (tertiary alicyclic amines) is 1. The number of amides is 2. The molecular weight excluding hydrogens is 572 g/mol. The normalized spacial score (nSPS) is 38.3. The van der Waals surface area contributed by atoms with Gasteiger partial charge in [-0.15, -0.1) is 0 Å². The number of aliphatic carboxylic acids is 1. The van der Waals surface area contributed by atoms with Crippen LogP contribution in [0.2, 0.25) is 0 Å². The van der Waals surface area contributed by atoms with Gasteiger partial charge < -0.3 is 44.1 Å². The molecule has 246 valence electrons. The first-order valence-corrected chi connectivity index (χ1v) is 15.5. The van der Waals surface area contributed by atoms with Gasteiger partial charge in [-0.25, -0.2) is 4.79 Å². The van der Waals surface area contributed by atoms with Gasteiger partial charge in [-0.05, 0) is 59.0 Å². The zero-order valence-corrected chi connectivity index (χ0v) is 26.6. The molecule has 4 fully saturated rings. The number of carbonyl (C=O) groups is 3. The van der Waals surface area contributed by atoms with E-state index in [2.05, 4.69) is 18.3 Å². The van der Waals surface area contributed by atoms with Crippen molar-refractivity contribution >= 4 is 18.0 Å². The number of carboxylic acid groups (broad SMARTS) is 1. The third kappa shape index (κ3) is 8.48. The lowest BCUT2D eigenvalue weighted by Gasteiger charge is -2.42. The average Bonchev–Trinajstić information content (AvgIpc) is 3.54. The molecule has 3 N–H and O–H groups in total. The fraction of sp³-hybridized carbons (Fsp3) is 0.719. The monoisotopic (exact) mass is 620 g/mol. The van der Waals surface area contributed by atoms with E-state index < -0.39 is 47.7 Å². The molecule has 0 aromatic heterocycles. The molecule has 0 bridgehead atoms. The minimum atomic E-state index is -0.921. The topological polar surface area (TPSA) is 156 Å². The van der Waals surface area contributed by atoms with Crippen LogP contribution in [0.15, 0.2) is 36.0 Å². The summed E-state index contributed by atoms with van der Waals surface area (Å²) in [5, 5.41) is 22.9. The molecule has 0 radical (unpaired) electrons. The molecule has 2 amide bonds. The zero-order chi connectivity index (χ0) is 32.2. The first-order chi connectivity index (χ1) is 20.7. The number of rotatable bonds is 10. The minimum Gasteiger partial charge on any atom is -0.481 e. The third-order valence-electron chi connectivity index (χ3n) is 9.17. The molecule has 1 spiro atoms. The highest BCUT2D eigenvalue weighted by atomic mass is 16.7. The second kappa shape index (κ2) is 14.1. The molecular formula is C32H48N2O10. The first kappa shape index (κ1) is 34.1. The summed E-state index contributed by atoms with van der Waals surface area (Å²) in [6.45, 7) is 10.5. The Labute approximate surface area is 259 Å². The molecule has 10 atom stereocenters. The minimum absolute atomic E-state index is 0.0146. The predicted molar refractivity (Wildman–Crippen MR) is 160 cm³/mol. The molecule has 4 aliphatic heterocycles. The van der Waals surface area contributed by atoms with Crippen LogP contribution in [0.3, 0.4) is 0 Å². The molecule has 4 saturated heterocycles. The van der Waals surface area contributed by atoms with Crippen molar-refractivity contribution in [2.75, 3.05) is 26.8 Å². The number of methoxy groups -OCH3 is 1. The summed E-state index contributed by atoms with van der Waals surface area (Å²) in [5.41, 5.74) is 0.411. The Bertz CT molecular complexity index is 1150. The maximum absolute atomic E-state index is 12.6. The van der Waals surface area contributed by atoms with Crippen molar-refractivity contribution in [3.8, 4) is 0 Å². The van der Waals surface area contributed by atoms with Gasteiger partial charge in [-0.2, -0.15) is 0 Å². The van der Waals surface area contributed by atoms with Gasteiger partial charge in [0.15, 0.2) is 5.79 Å². The molecule has 4 rings (SSSR count). The van der Waals surface area contributed by atoms with Crippen molar-refractivity contribution < 1.29 is 48.3 Å². The molecule has 0 saturated carbocycles. The molecule has 0 aliphatic carbocycles. The van der Waals surface area contributed by atoms with E-state index in [4.69, 9.17) is 28.8 Å². The van der Waals surface area contributed by atoms with Crippen molar-refractivity contribution in [2.45, 2.75) is 108 Å². The average molecular weight is 621 g/mol. The van der Waals surface area contributed by atoms with Crippen molar-refractivity contribution in [1.82, 2.24) is 10.2 Å². The SMILES string of the molecule is CO[C@]1(C)C[C@@]2(CO2)[C@H](O)C(/C=C/C(C)=C/C[C@@H]2O[C@H](C)[C@H](NC(=O)/C=C\[C@H](C)OC(=O)N3CC[C@H](C(=O)O)C3)C[C@@H]2C)O1. The second-order valence-corrected chi connectivity index (χ2v) is 12.9. The van der Waals surface area contributed by atoms with E-state index in [-0.39, 0.29) is 36.6 Å². The van der Waals surface area contributed by atoms with E-state index in [1.165, 1.54) is 17.1 Å². The standard InChI is InChI=1S/C32H48N2O10/c1-19(8-11-26-28(36)32(18-41-32)17-31(5,40-6)44-26)7-10-25-20(2)15-24(22(4)43-25)33-27(35)12-9-21(3)42-30(39)34-14-13-23(16-34)29(37)38/h7-9,11-12,20-26,28,36H,10,13-18H2,1-6H3,(H,33,35)(H,37,38)/b11-8+,12-9-,19-7+/t20-,21-,22+,23-,24+,25-,26?,28+,31-,32+/m0/s1. The van der Waals surface area contributed by atoms with Crippen LogP contribution in [-0.4, -0.2) is 108 Å². The number of carbonyl (C=O) groups excluding carboxylic acids is 2. The second-order valence-electron chi connectivity index (χ2n) is 12.9. The number of carboxylic acids is 1. The van der Waals surface area contributed by atoms with Crippen LogP contribution < -0.4 is 5.32 Å². The van der Waals surface area contributed by atoms with E-state index in [0.29, 0.717) is 32.4 Å². The van der Waals surface area contributed by atoms with Crippen LogP contribution >= 0.6 is 0 Å². The molecule has 1 unspecified atom stereocenters. The lowest BCUT2D eigenvalue weighted by Crippen LogP contribution is -2.55. The summed E-state index contributed by atoms with van der Waals surface area (Å²) in [5.74, 6) is -2.42. The van der Waals surface area contributed by atoms with Gasteiger partial charge in [-0.1, -0.05) is 30.7 Å². The zero-order valence-electron chi connectivity index (χ0n) is 26.6. The number of ether oxygens (including phenoxy) is 5. The number of hydrogen-bond donors (Lipinski definition) is 3. The highest BCUT2D eigenvalue weighted by Gasteiger charge is 2.61. The Balaban J connectivity index is 1.21. The number of hydrogen-bond acceptors (Lipinski definition) is 9. The molecule has 44 heavy (non-hydrogen) atoms. The van der Waals surface area contributed by atoms with Gasteiger partial charge in [0.2, 0.25) is 5.91 Å². The van der Waals surface area contributed by atoms with Gasteiger partial charge >= 0.3 is 12.1 Å². The summed E-state index contributed by atoms with van der Waals surface area (Å²) in [7, 11) is 1.59. The highest BCUT2D eigenvalue weighted by molar-refractivity contribution is 5.87. The van der Waals surface area contributed by atoms with E-state index in [9.17, 15) is 19.5 Å². The molecule has 0 aromatic carbocycles. The van der Waals surface area contributed by atoms with Gasteiger partial charge in [-0.3, -0.25) is 9.59 Å². The Morgan fingerprint density at radius 1 is 1.23 bits per heavy atom. The number of nitrogens with zero attached hydrogens (tertiary/aromatic N) is 1. The van der Waals surface area contributed by atoms with Crippen molar-refractivity contribution in [1.29, 1.82) is 0 Å².